The highest BCUT2D eigenvalue weighted by Crippen LogP contribution is 2.32. The van der Waals surface area contributed by atoms with Crippen LogP contribution < -0.4 is 5.32 Å². The average Bonchev–Trinajstić information content (AvgIpc) is 3.02. The molecule has 0 bridgehead atoms. The minimum atomic E-state index is -1.12. The summed E-state index contributed by atoms with van der Waals surface area (Å²) in [4.78, 5) is 28.3. The Labute approximate surface area is 159 Å². The largest absolute Gasteiger partial charge is 0.478 e. The van der Waals surface area contributed by atoms with Crippen molar-refractivity contribution in [1.29, 1.82) is 0 Å². The van der Waals surface area contributed by atoms with Gasteiger partial charge in [0.25, 0.3) is 5.91 Å². The number of nitrogens with zero attached hydrogens (tertiary/aromatic N) is 1. The second kappa shape index (κ2) is 7.88. The summed E-state index contributed by atoms with van der Waals surface area (Å²) in [5, 5.41) is 12.0. The number of rotatable bonds is 6. The molecular weight excluding hydrogens is 368 g/mol. The number of thiazole rings is 1. The van der Waals surface area contributed by atoms with Gasteiger partial charge >= 0.3 is 5.97 Å². The Kier molecular flexibility index (Phi) is 5.58. The zero-order chi connectivity index (χ0) is 18.7. The third kappa shape index (κ3) is 4.23. The van der Waals surface area contributed by atoms with Crippen LogP contribution in [-0.2, 0) is 0 Å². The van der Waals surface area contributed by atoms with E-state index in [4.69, 9.17) is 0 Å². The lowest BCUT2D eigenvalue weighted by Gasteiger charge is -2.07. The van der Waals surface area contributed by atoms with Gasteiger partial charge in [-0.3, -0.25) is 4.79 Å². The second-order valence-corrected chi connectivity index (χ2v) is 8.47. The molecule has 26 heavy (non-hydrogen) atoms. The van der Waals surface area contributed by atoms with Crippen LogP contribution in [0.15, 0.2) is 46.8 Å². The van der Waals surface area contributed by atoms with Gasteiger partial charge in [0.05, 0.1) is 21.3 Å². The highest BCUT2D eigenvalue weighted by atomic mass is 32.2. The van der Waals surface area contributed by atoms with E-state index in [0.29, 0.717) is 11.6 Å². The molecule has 1 heterocycles. The molecule has 0 atom stereocenters. The number of hydrogen-bond acceptors (Lipinski definition) is 5. The van der Waals surface area contributed by atoms with Crippen molar-refractivity contribution in [3.8, 4) is 0 Å². The first-order valence-corrected chi connectivity index (χ1v) is 9.91. The molecule has 3 aromatic rings. The van der Waals surface area contributed by atoms with Gasteiger partial charge in [-0.1, -0.05) is 37.7 Å². The van der Waals surface area contributed by atoms with Crippen molar-refractivity contribution in [3.05, 3.63) is 53.6 Å². The van der Waals surface area contributed by atoms with Crippen LogP contribution in [0.4, 0.5) is 5.69 Å². The first-order valence-electron chi connectivity index (χ1n) is 8.11. The number of carbonyl (C=O) groups is 2. The molecule has 7 heteroatoms. The van der Waals surface area contributed by atoms with Gasteiger partial charge in [-0.2, -0.15) is 0 Å². The minimum Gasteiger partial charge on any atom is -0.478 e. The van der Waals surface area contributed by atoms with E-state index in [2.05, 4.69) is 24.1 Å². The number of anilines is 1. The molecule has 0 fully saturated rings. The Morgan fingerprint density at radius 1 is 1.19 bits per heavy atom. The van der Waals surface area contributed by atoms with Crippen LogP contribution in [0.25, 0.3) is 10.2 Å². The Balaban J connectivity index is 1.80. The molecule has 0 aliphatic rings. The van der Waals surface area contributed by atoms with Crippen LogP contribution in [0.2, 0.25) is 0 Å². The lowest BCUT2D eigenvalue weighted by molar-refractivity contribution is 0.0692. The summed E-state index contributed by atoms with van der Waals surface area (Å²) >= 11 is 3.32. The molecule has 0 aliphatic heterocycles. The topological polar surface area (TPSA) is 79.3 Å². The molecule has 0 aliphatic carbocycles. The third-order valence-electron chi connectivity index (χ3n) is 3.57. The van der Waals surface area contributed by atoms with E-state index >= 15 is 0 Å². The molecule has 134 valence electrons. The maximum Gasteiger partial charge on any atom is 0.336 e. The average molecular weight is 386 g/mol. The number of hydrogen-bond donors (Lipinski definition) is 2. The van der Waals surface area contributed by atoms with E-state index in [9.17, 15) is 14.7 Å². The monoisotopic (exact) mass is 386 g/mol. The molecule has 0 radical (unpaired) electrons. The van der Waals surface area contributed by atoms with Crippen LogP contribution >= 0.6 is 23.1 Å². The van der Waals surface area contributed by atoms with Crippen LogP contribution in [-0.4, -0.2) is 27.7 Å². The van der Waals surface area contributed by atoms with E-state index in [0.717, 1.165) is 20.3 Å². The third-order valence-corrected chi connectivity index (χ3v) is 6.16. The first kappa shape index (κ1) is 18.4. The molecule has 2 N–H and O–H groups in total. The number of aromatic carboxylic acids is 1. The quantitative estimate of drug-likeness (QED) is 0.583. The smallest absolute Gasteiger partial charge is 0.336 e. The van der Waals surface area contributed by atoms with Crippen LogP contribution in [0, 0.1) is 5.92 Å². The van der Waals surface area contributed by atoms with E-state index in [1.54, 1.807) is 41.3 Å². The number of nitrogens with one attached hydrogen (secondary N) is 1. The highest BCUT2D eigenvalue weighted by molar-refractivity contribution is 8.01. The summed E-state index contributed by atoms with van der Waals surface area (Å²) in [6.07, 6.45) is 0. The van der Waals surface area contributed by atoms with Gasteiger partial charge in [0.1, 0.15) is 0 Å². The number of fused-ring (bicyclic) bond motifs is 1. The minimum absolute atomic E-state index is 0.0174. The zero-order valence-electron chi connectivity index (χ0n) is 14.4. The summed E-state index contributed by atoms with van der Waals surface area (Å²) in [6, 6.07) is 11.7. The molecule has 0 unspecified atom stereocenters. The van der Waals surface area contributed by atoms with Crippen molar-refractivity contribution in [1.82, 2.24) is 4.98 Å². The summed E-state index contributed by atoms with van der Waals surface area (Å²) in [5.74, 6) is 0.0352. The van der Waals surface area contributed by atoms with Crippen molar-refractivity contribution in [2.75, 3.05) is 11.1 Å². The van der Waals surface area contributed by atoms with Crippen LogP contribution in [0.3, 0.4) is 0 Å². The van der Waals surface area contributed by atoms with E-state index < -0.39 is 11.9 Å². The van der Waals surface area contributed by atoms with Crippen LogP contribution in [0.1, 0.15) is 34.6 Å². The predicted molar refractivity (Wildman–Crippen MR) is 107 cm³/mol. The second-order valence-electron chi connectivity index (χ2n) is 6.17. The van der Waals surface area contributed by atoms with Crippen molar-refractivity contribution < 1.29 is 14.7 Å². The Morgan fingerprint density at radius 3 is 2.62 bits per heavy atom. The molecule has 0 saturated heterocycles. The fourth-order valence-corrected chi connectivity index (χ4v) is 4.43. The molecule has 1 aromatic heterocycles. The van der Waals surface area contributed by atoms with Crippen LogP contribution in [0.5, 0.6) is 0 Å². The molecule has 0 spiro atoms. The number of carboxylic acids is 1. The maximum absolute atomic E-state index is 12.5. The normalized spacial score (nSPS) is 11.0. The van der Waals surface area contributed by atoms with Crippen molar-refractivity contribution >= 4 is 50.9 Å². The number of aromatic nitrogens is 1. The van der Waals surface area contributed by atoms with Gasteiger partial charge in [-0.05, 0) is 36.2 Å². The van der Waals surface area contributed by atoms with E-state index in [1.165, 1.54) is 12.1 Å². The van der Waals surface area contributed by atoms with Crippen molar-refractivity contribution in [2.24, 2.45) is 5.92 Å². The summed E-state index contributed by atoms with van der Waals surface area (Å²) in [6.45, 7) is 4.34. The van der Waals surface area contributed by atoms with Crippen molar-refractivity contribution in [3.63, 3.8) is 0 Å². The van der Waals surface area contributed by atoms with Gasteiger partial charge in [-0.25, -0.2) is 9.78 Å². The number of benzene rings is 2. The fourth-order valence-electron chi connectivity index (χ4n) is 2.35. The number of carbonyl (C=O) groups excluding carboxylic acids is 1. The van der Waals surface area contributed by atoms with Crippen molar-refractivity contribution in [2.45, 2.75) is 18.2 Å². The van der Waals surface area contributed by atoms with E-state index in [-0.39, 0.29) is 11.1 Å². The molecule has 3 rings (SSSR count). The lowest BCUT2D eigenvalue weighted by Crippen LogP contribution is -2.16. The summed E-state index contributed by atoms with van der Waals surface area (Å²) < 4.78 is 1.99. The summed E-state index contributed by atoms with van der Waals surface area (Å²) in [7, 11) is 0. The van der Waals surface area contributed by atoms with Gasteiger partial charge in [0.2, 0.25) is 0 Å². The standard InChI is InChI=1S/C19H18N2O3S2/c1-11(2)10-25-19-21-15-8-7-12(9-16(15)26-19)20-17(22)13-5-3-4-6-14(13)18(23)24/h3-9,11H,10H2,1-2H3,(H,20,22)(H,23,24). The maximum atomic E-state index is 12.5. The highest BCUT2D eigenvalue weighted by Gasteiger charge is 2.16. The first-order chi connectivity index (χ1) is 12.4. The lowest BCUT2D eigenvalue weighted by atomic mass is 10.1. The fraction of sp³-hybridized carbons (Fsp3) is 0.211. The van der Waals surface area contributed by atoms with Gasteiger partial charge in [-0.15, -0.1) is 11.3 Å². The Morgan fingerprint density at radius 2 is 1.92 bits per heavy atom. The van der Waals surface area contributed by atoms with Gasteiger partial charge < -0.3 is 10.4 Å². The zero-order valence-corrected chi connectivity index (χ0v) is 16.0. The molecule has 0 saturated carbocycles. The Hall–Kier alpha value is -2.38. The molecule has 2 aromatic carbocycles. The van der Waals surface area contributed by atoms with Gasteiger partial charge in [0, 0.05) is 11.4 Å². The summed E-state index contributed by atoms with van der Waals surface area (Å²) in [5.41, 5.74) is 1.63. The van der Waals surface area contributed by atoms with Gasteiger partial charge in [0.15, 0.2) is 4.34 Å². The van der Waals surface area contributed by atoms with E-state index in [1.807, 2.05) is 12.1 Å². The predicted octanol–water partition coefficient (Wildman–Crippen LogP) is 4.99. The number of amides is 1. The molecular formula is C19H18N2O3S2. The molecule has 5 nitrogen and oxygen atoms in total. The molecule has 1 amide bonds. The number of thioether (sulfide) groups is 1. The SMILES string of the molecule is CC(C)CSc1nc2ccc(NC(=O)c3ccccc3C(=O)O)cc2s1. The Bertz CT molecular complexity index is 966. The number of carboxylic acid groups (broad SMARTS) is 1.